The predicted molar refractivity (Wildman–Crippen MR) is 95.6 cm³/mol. The predicted octanol–water partition coefficient (Wildman–Crippen LogP) is 3.42. The summed E-state index contributed by atoms with van der Waals surface area (Å²) in [4.78, 5) is 30.7. The molecule has 0 saturated carbocycles. The van der Waals surface area contributed by atoms with Crippen LogP contribution in [0.15, 0.2) is 69.3 Å². The van der Waals surface area contributed by atoms with Gasteiger partial charge in [-0.05, 0) is 24.3 Å². The van der Waals surface area contributed by atoms with Gasteiger partial charge in [0.1, 0.15) is 10.2 Å². The minimum Gasteiger partial charge on any atom is -0.461 e. The number of furan rings is 1. The molecule has 0 fully saturated rings. The van der Waals surface area contributed by atoms with Gasteiger partial charge in [0.15, 0.2) is 11.6 Å². The molecule has 4 aromatic rings. The summed E-state index contributed by atoms with van der Waals surface area (Å²) in [6.07, 6.45) is 3.11. The van der Waals surface area contributed by atoms with Crippen molar-refractivity contribution in [2.24, 2.45) is 0 Å². The van der Waals surface area contributed by atoms with E-state index in [1.165, 1.54) is 22.2 Å². The van der Waals surface area contributed by atoms with E-state index in [0.717, 1.165) is 4.70 Å². The maximum absolute atomic E-state index is 12.9. The van der Waals surface area contributed by atoms with E-state index in [9.17, 15) is 9.59 Å². The van der Waals surface area contributed by atoms with Gasteiger partial charge < -0.3 is 4.42 Å². The fraction of sp³-hybridized carbons (Fsp3) is 0.0556. The van der Waals surface area contributed by atoms with Crippen LogP contribution >= 0.6 is 11.3 Å². The molecule has 4 rings (SSSR count). The fourth-order valence-corrected chi connectivity index (χ4v) is 3.72. The fourth-order valence-electron chi connectivity index (χ4n) is 2.68. The van der Waals surface area contributed by atoms with E-state index in [-0.39, 0.29) is 22.9 Å². The second-order valence-corrected chi connectivity index (χ2v) is 6.26. The molecule has 0 atom stereocenters. The maximum atomic E-state index is 12.9. The first-order valence-electron chi connectivity index (χ1n) is 7.32. The lowest BCUT2D eigenvalue weighted by atomic mass is 10.2. The van der Waals surface area contributed by atoms with Gasteiger partial charge in [0, 0.05) is 16.6 Å². The van der Waals surface area contributed by atoms with Crippen molar-refractivity contribution in [3.8, 4) is 11.6 Å². The van der Waals surface area contributed by atoms with Crippen molar-refractivity contribution >= 4 is 31.6 Å². The van der Waals surface area contributed by atoms with E-state index >= 15 is 0 Å². The van der Waals surface area contributed by atoms with Gasteiger partial charge in [-0.15, -0.1) is 17.9 Å². The number of rotatable bonds is 3. The third-order valence-corrected chi connectivity index (χ3v) is 4.82. The lowest BCUT2D eigenvalue weighted by Crippen LogP contribution is -2.26. The molecule has 6 heteroatoms. The highest BCUT2D eigenvalue weighted by atomic mass is 32.1. The Labute approximate surface area is 140 Å². The van der Waals surface area contributed by atoms with Crippen LogP contribution in [0.1, 0.15) is 0 Å². The molecule has 0 radical (unpaired) electrons. The molecule has 0 aliphatic heterocycles. The van der Waals surface area contributed by atoms with Crippen molar-refractivity contribution in [2.75, 3.05) is 0 Å². The largest absolute Gasteiger partial charge is 0.461 e. The molecule has 5 nitrogen and oxygen atoms in total. The number of allylic oxidation sites excluding steroid dienone is 1. The van der Waals surface area contributed by atoms with Gasteiger partial charge >= 0.3 is 0 Å². The highest BCUT2D eigenvalue weighted by Crippen LogP contribution is 2.24. The van der Waals surface area contributed by atoms with Gasteiger partial charge in [-0.2, -0.15) is 0 Å². The van der Waals surface area contributed by atoms with E-state index in [2.05, 4.69) is 11.6 Å². The van der Waals surface area contributed by atoms with E-state index in [0.29, 0.717) is 21.8 Å². The quantitative estimate of drug-likeness (QED) is 0.425. The normalized spacial score (nSPS) is 11.2. The van der Waals surface area contributed by atoms with Crippen LogP contribution in [0.2, 0.25) is 0 Å². The molecule has 3 aromatic heterocycles. The average Bonchev–Trinajstić information content (AvgIpc) is 3.11. The first-order valence-corrected chi connectivity index (χ1v) is 8.13. The van der Waals surface area contributed by atoms with Crippen molar-refractivity contribution in [3.05, 3.63) is 75.9 Å². The SMILES string of the molecule is C=CCn1c(-c2ccco2)nc2sc3ccccc3c(=O)c2c1=O. The average molecular weight is 336 g/mol. The van der Waals surface area contributed by atoms with Crippen molar-refractivity contribution in [3.63, 3.8) is 0 Å². The zero-order valence-electron chi connectivity index (χ0n) is 12.6. The summed E-state index contributed by atoms with van der Waals surface area (Å²) in [6, 6.07) is 10.7. The molecular formula is C18H12N2O3S. The molecule has 0 aliphatic carbocycles. The molecule has 0 spiro atoms. The van der Waals surface area contributed by atoms with Crippen molar-refractivity contribution in [1.29, 1.82) is 0 Å². The summed E-state index contributed by atoms with van der Waals surface area (Å²) in [5.41, 5.74) is -0.668. The third-order valence-electron chi connectivity index (χ3n) is 3.75. The lowest BCUT2D eigenvalue weighted by Gasteiger charge is -2.10. The summed E-state index contributed by atoms with van der Waals surface area (Å²) >= 11 is 1.33. The summed E-state index contributed by atoms with van der Waals surface area (Å²) in [5.74, 6) is 0.868. The van der Waals surface area contributed by atoms with Crippen LogP contribution in [-0.4, -0.2) is 9.55 Å². The minimum atomic E-state index is -0.377. The van der Waals surface area contributed by atoms with E-state index in [4.69, 9.17) is 4.42 Å². The molecule has 3 heterocycles. The van der Waals surface area contributed by atoms with Crippen LogP contribution in [0.25, 0.3) is 31.9 Å². The van der Waals surface area contributed by atoms with Crippen LogP contribution in [0.4, 0.5) is 0 Å². The summed E-state index contributed by atoms with van der Waals surface area (Å²) in [7, 11) is 0. The van der Waals surface area contributed by atoms with Gasteiger partial charge in [-0.25, -0.2) is 4.98 Å². The highest BCUT2D eigenvalue weighted by Gasteiger charge is 2.18. The molecule has 0 aliphatic rings. The molecule has 1 aromatic carbocycles. The molecule has 0 unspecified atom stereocenters. The molecule has 118 valence electrons. The van der Waals surface area contributed by atoms with Crippen molar-refractivity contribution in [1.82, 2.24) is 9.55 Å². The maximum Gasteiger partial charge on any atom is 0.266 e. The molecule has 0 amide bonds. The van der Waals surface area contributed by atoms with Gasteiger partial charge in [0.25, 0.3) is 5.56 Å². The second-order valence-electron chi connectivity index (χ2n) is 5.22. The van der Waals surface area contributed by atoms with Gasteiger partial charge in [0.2, 0.25) is 5.43 Å². The standard InChI is InChI=1S/C18H12N2O3S/c1-2-9-20-16(12-7-5-10-23-12)19-17-14(18(20)22)15(21)11-6-3-4-8-13(11)24-17/h2-8,10H,1,9H2. The molecule has 0 saturated heterocycles. The van der Waals surface area contributed by atoms with Crippen LogP contribution in [0.3, 0.4) is 0 Å². The Kier molecular flexibility index (Phi) is 3.39. The van der Waals surface area contributed by atoms with E-state index in [1.54, 1.807) is 30.3 Å². The van der Waals surface area contributed by atoms with Crippen molar-refractivity contribution in [2.45, 2.75) is 6.54 Å². The third kappa shape index (κ3) is 2.11. The Hall–Kier alpha value is -2.99. The minimum absolute atomic E-state index is 0.107. The topological polar surface area (TPSA) is 65.1 Å². The second kappa shape index (κ2) is 5.58. The van der Waals surface area contributed by atoms with Crippen LogP contribution in [0, 0.1) is 0 Å². The monoisotopic (exact) mass is 336 g/mol. The van der Waals surface area contributed by atoms with Crippen LogP contribution < -0.4 is 11.0 Å². The number of fused-ring (bicyclic) bond motifs is 2. The lowest BCUT2D eigenvalue weighted by molar-refractivity contribution is 0.569. The first kappa shape index (κ1) is 14.6. The smallest absolute Gasteiger partial charge is 0.266 e. The number of hydrogen-bond donors (Lipinski definition) is 0. The van der Waals surface area contributed by atoms with Gasteiger partial charge in [-0.3, -0.25) is 14.2 Å². The Bertz CT molecular complexity index is 1190. The Morgan fingerprint density at radius 1 is 1.21 bits per heavy atom. The first-order chi connectivity index (χ1) is 11.7. The zero-order chi connectivity index (χ0) is 16.7. The zero-order valence-corrected chi connectivity index (χ0v) is 13.4. The van der Waals surface area contributed by atoms with Crippen LogP contribution in [-0.2, 0) is 6.54 Å². The number of aromatic nitrogens is 2. The Morgan fingerprint density at radius 2 is 2.04 bits per heavy atom. The molecular weight excluding hydrogens is 324 g/mol. The van der Waals surface area contributed by atoms with E-state index in [1.807, 2.05) is 12.1 Å². The number of benzene rings is 1. The summed E-state index contributed by atoms with van der Waals surface area (Å²) < 4.78 is 7.61. The van der Waals surface area contributed by atoms with E-state index < -0.39 is 0 Å². The van der Waals surface area contributed by atoms with Gasteiger partial charge in [-0.1, -0.05) is 18.2 Å². The Morgan fingerprint density at radius 3 is 2.79 bits per heavy atom. The molecule has 0 N–H and O–H groups in total. The van der Waals surface area contributed by atoms with Crippen LogP contribution in [0.5, 0.6) is 0 Å². The summed E-state index contributed by atoms with van der Waals surface area (Å²) in [5, 5.41) is 0.639. The molecule has 0 bridgehead atoms. The molecule has 24 heavy (non-hydrogen) atoms. The number of nitrogens with zero attached hydrogens (tertiary/aromatic N) is 2. The van der Waals surface area contributed by atoms with Gasteiger partial charge in [0.05, 0.1) is 6.26 Å². The Balaban J connectivity index is 2.20. The van der Waals surface area contributed by atoms with Crippen molar-refractivity contribution < 1.29 is 4.42 Å². The highest BCUT2D eigenvalue weighted by molar-refractivity contribution is 7.24. The number of hydrogen-bond acceptors (Lipinski definition) is 5. The summed E-state index contributed by atoms with van der Waals surface area (Å²) in [6.45, 7) is 3.92.